The molecule has 0 spiro atoms. The van der Waals surface area contributed by atoms with Crippen LogP contribution in [-0.2, 0) is 25.6 Å². The number of carbonyl (C=O) groups excluding carboxylic acids is 3. The lowest BCUT2D eigenvalue weighted by molar-refractivity contribution is -0.384. The predicted molar refractivity (Wildman–Crippen MR) is 111 cm³/mol. The highest BCUT2D eigenvalue weighted by molar-refractivity contribution is 5.92. The molecule has 0 aliphatic rings. The van der Waals surface area contributed by atoms with Gasteiger partial charge in [0, 0.05) is 18.6 Å². The first-order chi connectivity index (χ1) is 16.3. The van der Waals surface area contributed by atoms with Gasteiger partial charge in [0.15, 0.2) is 0 Å². The quantitative estimate of drug-likeness (QED) is 0.318. The molecule has 35 heavy (non-hydrogen) atoms. The first-order valence-electron chi connectivity index (χ1n) is 9.44. The monoisotopic (exact) mass is 500 g/mol. The second-order valence-electron chi connectivity index (χ2n) is 6.48. The molecule has 2 aromatic carbocycles. The average molecular weight is 500 g/mol. The zero-order valence-electron chi connectivity index (χ0n) is 17.7. The largest absolute Gasteiger partial charge is 0.490 e. The minimum atomic E-state index is -5.08. The Balaban J connectivity index is 0.000000762. The van der Waals surface area contributed by atoms with Gasteiger partial charge >= 0.3 is 18.1 Å². The number of benzene rings is 2. The number of carbonyl (C=O) groups is 4. The summed E-state index contributed by atoms with van der Waals surface area (Å²) >= 11 is 0. The fraction of sp³-hybridized carbons (Fsp3) is 0.200. The second kappa shape index (κ2) is 13.2. The summed E-state index contributed by atoms with van der Waals surface area (Å²) < 4.78 is 31.7. The topological polar surface area (TPSA) is 191 Å². The SMILES string of the molecule is NCC(=O)N[C@@H](Cc1ccccc1)C(=O)NOC(=O)c1ccc([N+](=O)[O-])cc1.O=C(O)C(F)(F)F. The van der Waals surface area contributed by atoms with E-state index in [4.69, 9.17) is 20.5 Å². The van der Waals surface area contributed by atoms with E-state index in [-0.39, 0.29) is 24.2 Å². The van der Waals surface area contributed by atoms with Gasteiger partial charge in [-0.3, -0.25) is 19.7 Å². The van der Waals surface area contributed by atoms with Crippen LogP contribution in [0.4, 0.5) is 18.9 Å². The number of amides is 2. The molecule has 2 rings (SSSR count). The Morgan fingerprint density at radius 3 is 2.06 bits per heavy atom. The maximum atomic E-state index is 12.3. The van der Waals surface area contributed by atoms with Crippen molar-refractivity contribution in [1.82, 2.24) is 10.8 Å². The predicted octanol–water partition coefficient (Wildman–Crippen LogP) is 1.10. The van der Waals surface area contributed by atoms with Crippen LogP contribution in [0.15, 0.2) is 54.6 Å². The van der Waals surface area contributed by atoms with Crippen LogP contribution in [0, 0.1) is 10.1 Å². The molecule has 0 saturated carbocycles. The number of carboxylic acids is 1. The number of hydroxylamine groups is 1. The molecule has 0 aromatic heterocycles. The fourth-order valence-electron chi connectivity index (χ4n) is 2.26. The Morgan fingerprint density at radius 2 is 1.60 bits per heavy atom. The van der Waals surface area contributed by atoms with Gasteiger partial charge in [0.1, 0.15) is 6.04 Å². The van der Waals surface area contributed by atoms with E-state index >= 15 is 0 Å². The van der Waals surface area contributed by atoms with E-state index in [1.54, 1.807) is 24.3 Å². The number of rotatable bonds is 7. The molecule has 2 amide bonds. The molecular formula is C20H19F3N4O8. The number of nitrogens with zero attached hydrogens (tertiary/aromatic N) is 1. The van der Waals surface area contributed by atoms with E-state index in [2.05, 4.69) is 5.32 Å². The van der Waals surface area contributed by atoms with Crippen molar-refractivity contribution in [2.24, 2.45) is 5.73 Å². The molecule has 12 nitrogen and oxygen atoms in total. The van der Waals surface area contributed by atoms with Gasteiger partial charge in [0.2, 0.25) is 5.91 Å². The smallest absolute Gasteiger partial charge is 0.475 e. The van der Waals surface area contributed by atoms with Crippen LogP contribution in [0.3, 0.4) is 0 Å². The second-order valence-corrected chi connectivity index (χ2v) is 6.48. The van der Waals surface area contributed by atoms with Crippen molar-refractivity contribution < 1.29 is 47.2 Å². The third-order valence-electron chi connectivity index (χ3n) is 3.92. The van der Waals surface area contributed by atoms with E-state index in [1.807, 2.05) is 11.5 Å². The highest BCUT2D eigenvalue weighted by Gasteiger charge is 2.38. The number of nitro benzene ring substituents is 1. The molecule has 0 saturated heterocycles. The van der Waals surface area contributed by atoms with Crippen molar-refractivity contribution in [3.05, 3.63) is 75.8 Å². The van der Waals surface area contributed by atoms with Gasteiger partial charge in [-0.15, -0.1) is 0 Å². The Labute approximate surface area is 195 Å². The summed E-state index contributed by atoms with van der Waals surface area (Å²) in [5.41, 5.74) is 7.86. The summed E-state index contributed by atoms with van der Waals surface area (Å²) in [4.78, 5) is 59.6. The molecular weight excluding hydrogens is 481 g/mol. The molecule has 5 N–H and O–H groups in total. The molecule has 1 atom stereocenters. The highest BCUT2D eigenvalue weighted by Crippen LogP contribution is 2.13. The molecule has 0 radical (unpaired) electrons. The average Bonchev–Trinajstić information content (AvgIpc) is 2.82. The Hall–Kier alpha value is -4.53. The number of non-ortho nitro benzene ring substituents is 1. The number of carboxylic acid groups (broad SMARTS) is 1. The number of nitro groups is 1. The van der Waals surface area contributed by atoms with Crippen LogP contribution < -0.4 is 16.5 Å². The lowest BCUT2D eigenvalue weighted by atomic mass is 10.1. The van der Waals surface area contributed by atoms with Crippen molar-refractivity contribution >= 4 is 29.4 Å². The molecule has 2 aromatic rings. The molecule has 0 aliphatic heterocycles. The van der Waals surface area contributed by atoms with E-state index in [9.17, 15) is 37.7 Å². The van der Waals surface area contributed by atoms with Crippen molar-refractivity contribution in [3.8, 4) is 0 Å². The molecule has 188 valence electrons. The normalized spacial score (nSPS) is 11.2. The van der Waals surface area contributed by atoms with Crippen LogP contribution in [0.1, 0.15) is 15.9 Å². The van der Waals surface area contributed by atoms with Crippen molar-refractivity contribution in [2.45, 2.75) is 18.6 Å². The summed E-state index contributed by atoms with van der Waals surface area (Å²) in [6.45, 7) is -0.304. The minimum absolute atomic E-state index is 0.0107. The number of hydrogen-bond acceptors (Lipinski definition) is 8. The number of halogens is 3. The molecule has 0 aliphatic carbocycles. The number of alkyl halides is 3. The van der Waals surface area contributed by atoms with Crippen LogP contribution in [0.25, 0.3) is 0 Å². The van der Waals surface area contributed by atoms with Crippen molar-refractivity contribution in [2.75, 3.05) is 6.54 Å². The number of nitrogens with two attached hydrogens (primary N) is 1. The van der Waals surface area contributed by atoms with Gasteiger partial charge in [-0.2, -0.15) is 18.7 Å². The maximum Gasteiger partial charge on any atom is 0.490 e. The van der Waals surface area contributed by atoms with Gasteiger partial charge in [-0.05, 0) is 17.7 Å². The fourth-order valence-corrected chi connectivity index (χ4v) is 2.26. The summed E-state index contributed by atoms with van der Waals surface area (Å²) in [5, 5.41) is 20.2. The maximum absolute atomic E-state index is 12.3. The molecule has 0 bridgehead atoms. The lowest BCUT2D eigenvalue weighted by Crippen LogP contribution is -2.50. The summed E-state index contributed by atoms with van der Waals surface area (Å²) in [6.07, 6.45) is -4.92. The van der Waals surface area contributed by atoms with Crippen LogP contribution in [0.2, 0.25) is 0 Å². The Kier molecular flexibility index (Phi) is 10.8. The van der Waals surface area contributed by atoms with E-state index < -0.39 is 40.9 Å². The zero-order valence-corrected chi connectivity index (χ0v) is 17.7. The highest BCUT2D eigenvalue weighted by atomic mass is 19.4. The number of nitrogens with one attached hydrogen (secondary N) is 2. The molecule has 15 heteroatoms. The van der Waals surface area contributed by atoms with Crippen LogP contribution >= 0.6 is 0 Å². The third-order valence-corrected chi connectivity index (χ3v) is 3.92. The summed E-state index contributed by atoms with van der Waals surface area (Å²) in [6, 6.07) is 12.6. The molecule has 0 unspecified atom stereocenters. The molecule has 0 heterocycles. The van der Waals surface area contributed by atoms with E-state index in [0.717, 1.165) is 17.7 Å². The summed E-state index contributed by atoms with van der Waals surface area (Å²) in [7, 11) is 0. The van der Waals surface area contributed by atoms with E-state index in [1.165, 1.54) is 12.1 Å². The zero-order chi connectivity index (χ0) is 26.6. The van der Waals surface area contributed by atoms with Gasteiger partial charge in [0.25, 0.3) is 11.6 Å². The van der Waals surface area contributed by atoms with Crippen molar-refractivity contribution in [3.63, 3.8) is 0 Å². The summed E-state index contributed by atoms with van der Waals surface area (Å²) in [5.74, 6) is -4.96. The van der Waals surface area contributed by atoms with Gasteiger partial charge in [0.05, 0.1) is 17.0 Å². The van der Waals surface area contributed by atoms with Crippen molar-refractivity contribution in [1.29, 1.82) is 0 Å². The molecule has 0 fully saturated rings. The van der Waals surface area contributed by atoms with E-state index in [0.29, 0.717) is 0 Å². The number of aliphatic carboxylic acids is 1. The Morgan fingerprint density at radius 1 is 1.06 bits per heavy atom. The lowest BCUT2D eigenvalue weighted by Gasteiger charge is -2.17. The third kappa shape index (κ3) is 10.3. The Bertz CT molecular complexity index is 1050. The standard InChI is InChI=1S/C18H18N4O6.C2HF3O2/c19-11-16(23)20-15(10-12-4-2-1-3-5-12)17(24)21-28-18(25)13-6-8-14(9-7-13)22(26)27;3-2(4,5)1(6)7/h1-9,15H,10-11,19H2,(H,20,23)(H,21,24);(H,6,7)/t15-;/m0./s1. The van der Waals surface area contributed by atoms with Gasteiger partial charge in [-0.25, -0.2) is 9.59 Å². The van der Waals surface area contributed by atoms with Gasteiger partial charge in [-0.1, -0.05) is 30.3 Å². The van der Waals surface area contributed by atoms with Gasteiger partial charge < -0.3 is 21.0 Å². The minimum Gasteiger partial charge on any atom is -0.475 e. The first kappa shape index (κ1) is 28.5. The van der Waals surface area contributed by atoms with Crippen LogP contribution in [0.5, 0.6) is 0 Å². The van der Waals surface area contributed by atoms with Crippen LogP contribution in [-0.4, -0.2) is 52.5 Å². The first-order valence-corrected chi connectivity index (χ1v) is 9.44. The number of hydrogen-bond donors (Lipinski definition) is 4.